The van der Waals surface area contributed by atoms with Crippen molar-refractivity contribution in [2.24, 2.45) is 5.41 Å². The fourth-order valence-corrected chi connectivity index (χ4v) is 2.72. The van der Waals surface area contributed by atoms with E-state index >= 15 is 0 Å². The minimum atomic E-state index is -4.62. The molecule has 0 aliphatic rings. The van der Waals surface area contributed by atoms with Gasteiger partial charge in [0.05, 0.1) is 5.56 Å². The van der Waals surface area contributed by atoms with Gasteiger partial charge in [0.25, 0.3) is 0 Å². The lowest BCUT2D eigenvalue weighted by atomic mass is 9.84. The first kappa shape index (κ1) is 21.8. The molecule has 0 aromatic heterocycles. The number of benzene rings is 2. The molecule has 2 aromatic rings. The standard InChI is InChI=1S/C21H21ClF3NO2/c1-4-11-28-18-10-9-16(12-17(18)21(23,24)25)26-19(27)20(2,3)13-14-5-7-15(22)8-6-14/h4-10,12H,1,11,13H2,2-3H3,(H,26,27). The Morgan fingerprint density at radius 2 is 1.82 bits per heavy atom. The van der Waals surface area contributed by atoms with Gasteiger partial charge in [0.15, 0.2) is 0 Å². The molecule has 0 radical (unpaired) electrons. The first-order chi connectivity index (χ1) is 13.0. The normalized spacial score (nSPS) is 11.8. The quantitative estimate of drug-likeness (QED) is 0.556. The molecule has 0 heterocycles. The van der Waals surface area contributed by atoms with E-state index in [0.29, 0.717) is 11.4 Å². The average molecular weight is 412 g/mol. The van der Waals surface area contributed by atoms with Crippen molar-refractivity contribution in [2.75, 3.05) is 11.9 Å². The highest BCUT2D eigenvalue weighted by Gasteiger charge is 2.35. The van der Waals surface area contributed by atoms with Crippen LogP contribution in [-0.4, -0.2) is 12.5 Å². The highest BCUT2D eigenvalue weighted by Crippen LogP contribution is 2.38. The van der Waals surface area contributed by atoms with Crippen molar-refractivity contribution >= 4 is 23.2 Å². The number of halogens is 4. The van der Waals surface area contributed by atoms with Gasteiger partial charge in [-0.05, 0) is 42.3 Å². The second kappa shape index (κ2) is 8.69. The second-order valence-corrected chi connectivity index (χ2v) is 7.39. The predicted molar refractivity (Wildman–Crippen MR) is 105 cm³/mol. The molecule has 1 amide bonds. The van der Waals surface area contributed by atoms with Crippen LogP contribution >= 0.6 is 11.6 Å². The number of hydrogen-bond donors (Lipinski definition) is 1. The maximum absolute atomic E-state index is 13.3. The van der Waals surface area contributed by atoms with E-state index in [2.05, 4.69) is 11.9 Å². The summed E-state index contributed by atoms with van der Waals surface area (Å²) in [4.78, 5) is 12.7. The summed E-state index contributed by atoms with van der Waals surface area (Å²) in [5.74, 6) is -0.707. The lowest BCUT2D eigenvalue weighted by Crippen LogP contribution is -2.32. The third-order valence-electron chi connectivity index (χ3n) is 4.07. The SMILES string of the molecule is C=CCOc1ccc(NC(=O)C(C)(C)Cc2ccc(Cl)cc2)cc1C(F)(F)F. The molecule has 0 unspecified atom stereocenters. The largest absolute Gasteiger partial charge is 0.489 e. The van der Waals surface area contributed by atoms with Crippen LogP contribution < -0.4 is 10.1 Å². The highest BCUT2D eigenvalue weighted by molar-refractivity contribution is 6.30. The van der Waals surface area contributed by atoms with Crippen LogP contribution in [-0.2, 0) is 17.4 Å². The van der Waals surface area contributed by atoms with Crippen LogP contribution in [0.5, 0.6) is 5.75 Å². The summed E-state index contributed by atoms with van der Waals surface area (Å²) >= 11 is 5.86. The van der Waals surface area contributed by atoms with E-state index in [0.717, 1.165) is 11.6 Å². The summed E-state index contributed by atoms with van der Waals surface area (Å²) in [6, 6.07) is 10.5. The van der Waals surface area contributed by atoms with E-state index in [9.17, 15) is 18.0 Å². The van der Waals surface area contributed by atoms with Crippen LogP contribution in [0.4, 0.5) is 18.9 Å². The second-order valence-electron chi connectivity index (χ2n) is 6.95. The minimum absolute atomic E-state index is 0.0486. The Kier molecular flexibility index (Phi) is 6.77. The van der Waals surface area contributed by atoms with Gasteiger partial charge in [-0.15, -0.1) is 0 Å². The molecule has 3 nitrogen and oxygen atoms in total. The summed E-state index contributed by atoms with van der Waals surface area (Å²) in [6.45, 7) is 6.82. The Morgan fingerprint density at radius 1 is 1.18 bits per heavy atom. The third-order valence-corrected chi connectivity index (χ3v) is 4.33. The van der Waals surface area contributed by atoms with Crippen molar-refractivity contribution < 1.29 is 22.7 Å². The highest BCUT2D eigenvalue weighted by atomic mass is 35.5. The maximum atomic E-state index is 13.3. The molecule has 2 aromatic carbocycles. The molecule has 1 N–H and O–H groups in total. The number of ether oxygens (including phenoxy) is 1. The van der Waals surface area contributed by atoms with E-state index in [-0.39, 0.29) is 18.0 Å². The Hall–Kier alpha value is -2.47. The van der Waals surface area contributed by atoms with Gasteiger partial charge in [0.1, 0.15) is 12.4 Å². The first-order valence-electron chi connectivity index (χ1n) is 8.54. The van der Waals surface area contributed by atoms with E-state index in [1.54, 1.807) is 26.0 Å². The van der Waals surface area contributed by atoms with Crippen molar-refractivity contribution in [1.82, 2.24) is 0 Å². The molecule has 28 heavy (non-hydrogen) atoms. The van der Waals surface area contributed by atoms with E-state index in [1.165, 1.54) is 18.2 Å². The third kappa shape index (κ3) is 5.76. The van der Waals surface area contributed by atoms with Gasteiger partial charge in [-0.1, -0.05) is 50.2 Å². The minimum Gasteiger partial charge on any atom is -0.489 e. The summed E-state index contributed by atoms with van der Waals surface area (Å²) < 4.78 is 45.0. The molecule has 0 saturated heterocycles. The van der Waals surface area contributed by atoms with Crippen LogP contribution in [0.2, 0.25) is 5.02 Å². The van der Waals surface area contributed by atoms with Gasteiger partial charge in [0.2, 0.25) is 5.91 Å². The van der Waals surface area contributed by atoms with Gasteiger partial charge in [-0.3, -0.25) is 4.79 Å². The number of alkyl halides is 3. The zero-order valence-corrected chi connectivity index (χ0v) is 16.3. The van der Waals surface area contributed by atoms with Gasteiger partial charge >= 0.3 is 6.18 Å². The number of rotatable bonds is 7. The fourth-order valence-electron chi connectivity index (χ4n) is 2.60. The van der Waals surface area contributed by atoms with Crippen LogP contribution in [0, 0.1) is 5.41 Å². The van der Waals surface area contributed by atoms with Gasteiger partial charge in [0, 0.05) is 16.1 Å². The number of hydrogen-bond acceptors (Lipinski definition) is 2. The van der Waals surface area contributed by atoms with Crippen molar-refractivity contribution in [3.8, 4) is 5.75 Å². The molecule has 0 fully saturated rings. The molecule has 0 atom stereocenters. The molecule has 0 bridgehead atoms. The molecule has 2 rings (SSSR count). The van der Waals surface area contributed by atoms with Gasteiger partial charge in [-0.2, -0.15) is 13.2 Å². The van der Waals surface area contributed by atoms with Gasteiger partial charge < -0.3 is 10.1 Å². The molecular formula is C21H21ClF3NO2. The fraction of sp³-hybridized carbons (Fsp3) is 0.286. The maximum Gasteiger partial charge on any atom is 0.420 e. The van der Waals surface area contributed by atoms with E-state index in [4.69, 9.17) is 16.3 Å². The Morgan fingerprint density at radius 3 is 2.39 bits per heavy atom. The van der Waals surface area contributed by atoms with Crippen molar-refractivity contribution in [2.45, 2.75) is 26.4 Å². The van der Waals surface area contributed by atoms with Crippen molar-refractivity contribution in [3.05, 3.63) is 71.3 Å². The zero-order valence-electron chi connectivity index (χ0n) is 15.6. The molecule has 0 aliphatic carbocycles. The van der Waals surface area contributed by atoms with Crippen LogP contribution in [0.25, 0.3) is 0 Å². The van der Waals surface area contributed by atoms with E-state index in [1.807, 2.05) is 12.1 Å². The van der Waals surface area contributed by atoms with Gasteiger partial charge in [-0.25, -0.2) is 0 Å². The first-order valence-corrected chi connectivity index (χ1v) is 8.91. The molecule has 150 valence electrons. The molecule has 0 spiro atoms. The van der Waals surface area contributed by atoms with Crippen LogP contribution in [0.3, 0.4) is 0 Å². The van der Waals surface area contributed by atoms with Crippen molar-refractivity contribution in [1.29, 1.82) is 0 Å². The molecular weight excluding hydrogens is 391 g/mol. The number of nitrogens with one attached hydrogen (secondary N) is 1. The molecule has 0 aliphatic heterocycles. The topological polar surface area (TPSA) is 38.3 Å². The Labute approximate surface area is 167 Å². The summed E-state index contributed by atoms with van der Waals surface area (Å²) in [7, 11) is 0. The van der Waals surface area contributed by atoms with Crippen LogP contribution in [0.1, 0.15) is 25.0 Å². The lowest BCUT2D eigenvalue weighted by Gasteiger charge is -2.24. The molecule has 0 saturated carbocycles. The Bertz CT molecular complexity index is 846. The number of amides is 1. The smallest absolute Gasteiger partial charge is 0.420 e. The van der Waals surface area contributed by atoms with E-state index < -0.39 is 23.1 Å². The zero-order chi connectivity index (χ0) is 20.9. The summed E-state index contributed by atoms with van der Waals surface area (Å²) in [5.41, 5.74) is -0.853. The summed E-state index contributed by atoms with van der Waals surface area (Å²) in [6.07, 6.45) is -2.85. The van der Waals surface area contributed by atoms with Crippen molar-refractivity contribution in [3.63, 3.8) is 0 Å². The number of carbonyl (C=O) groups is 1. The van der Waals surface area contributed by atoms with Crippen LogP contribution in [0.15, 0.2) is 55.1 Å². The Balaban J connectivity index is 2.19. The summed E-state index contributed by atoms with van der Waals surface area (Å²) in [5, 5.41) is 3.16. The predicted octanol–water partition coefficient (Wildman–Crippen LogP) is 6.13. The monoisotopic (exact) mass is 411 g/mol. The lowest BCUT2D eigenvalue weighted by molar-refractivity contribution is -0.138. The average Bonchev–Trinajstić information content (AvgIpc) is 2.61. The molecule has 7 heteroatoms. The number of carbonyl (C=O) groups excluding carboxylic acids is 1. The number of anilines is 1.